The van der Waals surface area contributed by atoms with Crippen molar-refractivity contribution in [3.8, 4) is 5.69 Å². The highest BCUT2D eigenvalue weighted by Crippen LogP contribution is 2.39. The molecule has 138 valence electrons. The summed E-state index contributed by atoms with van der Waals surface area (Å²) < 4.78 is 53.0. The lowest BCUT2D eigenvalue weighted by atomic mass is 9.87. The molecule has 2 aromatic carbocycles. The lowest BCUT2D eigenvalue weighted by Gasteiger charge is -2.24. The number of carbonyl (C=O) groups is 1. The van der Waals surface area contributed by atoms with Gasteiger partial charge in [0.05, 0.1) is 17.4 Å². The van der Waals surface area contributed by atoms with Crippen molar-refractivity contribution in [2.75, 3.05) is 5.32 Å². The van der Waals surface area contributed by atoms with E-state index in [0.29, 0.717) is 22.6 Å². The Bertz CT molecular complexity index is 991. The summed E-state index contributed by atoms with van der Waals surface area (Å²) in [5.74, 6) is -0.643. The Labute approximate surface area is 151 Å². The first-order chi connectivity index (χ1) is 12.8. The predicted octanol–water partition coefficient (Wildman–Crippen LogP) is 4.50. The zero-order chi connectivity index (χ0) is 19.2. The lowest BCUT2D eigenvalue weighted by molar-refractivity contribution is -0.137. The number of halogens is 4. The number of nitrogens with zero attached hydrogens (tertiary/aromatic N) is 2. The van der Waals surface area contributed by atoms with Gasteiger partial charge >= 0.3 is 6.18 Å². The molecule has 1 aliphatic rings. The second-order valence-corrected chi connectivity index (χ2v) is 6.26. The van der Waals surface area contributed by atoms with Crippen LogP contribution in [0.3, 0.4) is 0 Å². The number of fused-ring (bicyclic) bond motifs is 1. The van der Waals surface area contributed by atoms with Crippen LogP contribution in [0.15, 0.2) is 54.7 Å². The van der Waals surface area contributed by atoms with Crippen molar-refractivity contribution in [1.29, 1.82) is 0 Å². The minimum Gasteiger partial charge on any atom is -0.310 e. The van der Waals surface area contributed by atoms with Crippen LogP contribution in [0, 0.1) is 5.82 Å². The molecule has 4 nitrogen and oxygen atoms in total. The molecule has 0 spiro atoms. The van der Waals surface area contributed by atoms with Gasteiger partial charge in [0.15, 0.2) is 0 Å². The topological polar surface area (TPSA) is 46.9 Å². The first-order valence-electron chi connectivity index (χ1n) is 8.14. The zero-order valence-electron chi connectivity index (χ0n) is 13.8. The molecule has 27 heavy (non-hydrogen) atoms. The van der Waals surface area contributed by atoms with E-state index in [9.17, 15) is 22.4 Å². The summed E-state index contributed by atoms with van der Waals surface area (Å²) in [6.07, 6.45) is -2.74. The van der Waals surface area contributed by atoms with E-state index in [1.807, 2.05) is 0 Å². The molecule has 1 atom stereocenters. The summed E-state index contributed by atoms with van der Waals surface area (Å²) in [4.78, 5) is 12.2. The van der Waals surface area contributed by atoms with E-state index in [0.717, 1.165) is 12.1 Å². The van der Waals surface area contributed by atoms with Crippen molar-refractivity contribution in [3.05, 3.63) is 77.2 Å². The Kier molecular flexibility index (Phi) is 3.98. The Morgan fingerprint density at radius 1 is 1.04 bits per heavy atom. The average molecular weight is 375 g/mol. The van der Waals surface area contributed by atoms with Gasteiger partial charge in [0.2, 0.25) is 5.91 Å². The highest BCUT2D eigenvalue weighted by atomic mass is 19.4. The van der Waals surface area contributed by atoms with Gasteiger partial charge in [-0.2, -0.15) is 18.3 Å². The fraction of sp³-hybridized carbons (Fsp3) is 0.158. The number of carbonyl (C=O) groups excluding carboxylic acids is 1. The second kappa shape index (κ2) is 6.22. The van der Waals surface area contributed by atoms with Crippen LogP contribution in [-0.2, 0) is 11.0 Å². The molecular weight excluding hydrogens is 362 g/mol. The summed E-state index contributed by atoms with van der Waals surface area (Å²) in [5.41, 5.74) is 1.11. The molecule has 1 aliphatic heterocycles. The number of alkyl halides is 3. The monoisotopic (exact) mass is 375 g/mol. The van der Waals surface area contributed by atoms with Crippen molar-refractivity contribution in [2.24, 2.45) is 0 Å². The molecule has 0 aliphatic carbocycles. The zero-order valence-corrected chi connectivity index (χ0v) is 13.8. The molecule has 0 fully saturated rings. The number of benzene rings is 2. The normalized spacial score (nSPS) is 16.7. The predicted molar refractivity (Wildman–Crippen MR) is 90.1 cm³/mol. The molecule has 0 radical (unpaired) electrons. The smallest absolute Gasteiger partial charge is 0.310 e. The summed E-state index contributed by atoms with van der Waals surface area (Å²) in [5, 5.41) is 7.01. The average Bonchev–Trinajstić information content (AvgIpc) is 3.05. The number of nitrogens with one attached hydrogen (secondary N) is 1. The Morgan fingerprint density at radius 3 is 2.33 bits per heavy atom. The molecule has 0 unspecified atom stereocenters. The molecule has 0 saturated carbocycles. The Hall–Kier alpha value is -3.16. The summed E-state index contributed by atoms with van der Waals surface area (Å²) in [6, 6.07) is 10.4. The summed E-state index contributed by atoms with van der Waals surface area (Å²) >= 11 is 0. The maximum absolute atomic E-state index is 13.1. The SMILES string of the molecule is O=C1C[C@@H](c2ccc(C(F)(F)F)cc2)c2cnn(-c3ccc(F)cc3)c2N1. The highest BCUT2D eigenvalue weighted by Gasteiger charge is 2.33. The van der Waals surface area contributed by atoms with E-state index in [-0.39, 0.29) is 12.3 Å². The van der Waals surface area contributed by atoms with Gasteiger partial charge in [-0.25, -0.2) is 9.07 Å². The Balaban J connectivity index is 1.74. The van der Waals surface area contributed by atoms with Gasteiger partial charge in [0, 0.05) is 17.9 Å². The van der Waals surface area contributed by atoms with Crippen molar-refractivity contribution < 1.29 is 22.4 Å². The van der Waals surface area contributed by atoms with Gasteiger partial charge in [-0.1, -0.05) is 12.1 Å². The summed E-state index contributed by atoms with van der Waals surface area (Å²) in [6.45, 7) is 0. The molecule has 8 heteroatoms. The standard InChI is InChI=1S/C19H13F4N3O/c20-13-5-7-14(8-6-13)26-18-16(10-24-26)15(9-17(27)25-18)11-1-3-12(4-2-11)19(21,22)23/h1-8,10,15H,9H2,(H,25,27)/t15-/m0/s1. The van der Waals surface area contributed by atoms with Crippen LogP contribution in [0.4, 0.5) is 23.4 Å². The van der Waals surface area contributed by atoms with Crippen LogP contribution in [0.5, 0.6) is 0 Å². The molecule has 0 bridgehead atoms. The van der Waals surface area contributed by atoms with E-state index < -0.39 is 23.5 Å². The molecule has 2 heterocycles. The van der Waals surface area contributed by atoms with Crippen molar-refractivity contribution in [3.63, 3.8) is 0 Å². The number of amides is 1. The van der Waals surface area contributed by atoms with E-state index >= 15 is 0 Å². The van der Waals surface area contributed by atoms with Crippen LogP contribution in [0.25, 0.3) is 5.69 Å². The maximum Gasteiger partial charge on any atom is 0.416 e. The van der Waals surface area contributed by atoms with Gasteiger partial charge in [-0.15, -0.1) is 0 Å². The molecule has 3 aromatic rings. The number of hydrogen-bond acceptors (Lipinski definition) is 2. The number of aromatic nitrogens is 2. The van der Waals surface area contributed by atoms with Gasteiger partial charge < -0.3 is 5.32 Å². The molecule has 1 amide bonds. The maximum atomic E-state index is 13.1. The summed E-state index contributed by atoms with van der Waals surface area (Å²) in [7, 11) is 0. The minimum absolute atomic E-state index is 0.105. The number of hydrogen-bond donors (Lipinski definition) is 1. The van der Waals surface area contributed by atoms with Crippen LogP contribution >= 0.6 is 0 Å². The molecule has 1 N–H and O–H groups in total. The second-order valence-electron chi connectivity index (χ2n) is 6.26. The lowest BCUT2D eigenvalue weighted by Crippen LogP contribution is -2.24. The number of anilines is 1. The van der Waals surface area contributed by atoms with E-state index in [2.05, 4.69) is 10.4 Å². The Morgan fingerprint density at radius 2 is 1.70 bits per heavy atom. The van der Waals surface area contributed by atoms with Crippen molar-refractivity contribution in [1.82, 2.24) is 9.78 Å². The van der Waals surface area contributed by atoms with E-state index in [4.69, 9.17) is 0 Å². The van der Waals surface area contributed by atoms with Crippen LogP contribution in [0.2, 0.25) is 0 Å². The third kappa shape index (κ3) is 3.18. The van der Waals surface area contributed by atoms with Crippen LogP contribution in [-0.4, -0.2) is 15.7 Å². The largest absolute Gasteiger partial charge is 0.416 e. The molecule has 1 aromatic heterocycles. The van der Waals surface area contributed by atoms with Gasteiger partial charge in [0.25, 0.3) is 0 Å². The third-order valence-electron chi connectivity index (χ3n) is 4.53. The first-order valence-corrected chi connectivity index (χ1v) is 8.14. The van der Waals surface area contributed by atoms with E-state index in [1.54, 1.807) is 6.20 Å². The van der Waals surface area contributed by atoms with Gasteiger partial charge in [0.1, 0.15) is 11.6 Å². The minimum atomic E-state index is -4.42. The van der Waals surface area contributed by atoms with Crippen LogP contribution < -0.4 is 5.32 Å². The van der Waals surface area contributed by atoms with Crippen LogP contribution in [0.1, 0.15) is 29.0 Å². The quantitative estimate of drug-likeness (QED) is 0.670. The third-order valence-corrected chi connectivity index (χ3v) is 4.53. The highest BCUT2D eigenvalue weighted by molar-refractivity contribution is 5.94. The van der Waals surface area contributed by atoms with Gasteiger partial charge in [-0.05, 0) is 42.0 Å². The van der Waals surface area contributed by atoms with E-state index in [1.165, 1.54) is 41.1 Å². The molecule has 4 rings (SSSR count). The number of rotatable bonds is 2. The fourth-order valence-corrected chi connectivity index (χ4v) is 3.20. The molecule has 0 saturated heterocycles. The van der Waals surface area contributed by atoms with Gasteiger partial charge in [-0.3, -0.25) is 4.79 Å². The van der Waals surface area contributed by atoms with Crippen molar-refractivity contribution in [2.45, 2.75) is 18.5 Å². The molecular formula is C19H13F4N3O. The first kappa shape index (κ1) is 17.3. The van der Waals surface area contributed by atoms with Crippen molar-refractivity contribution >= 4 is 11.7 Å². The fourth-order valence-electron chi connectivity index (χ4n) is 3.20.